The van der Waals surface area contributed by atoms with Crippen LogP contribution in [-0.2, 0) is 28.6 Å². The second-order valence-electron chi connectivity index (χ2n) is 16.3. The first kappa shape index (κ1) is 59.1. The molecule has 6 heteroatoms. The molecule has 0 amide bonds. The van der Waals surface area contributed by atoms with E-state index in [0.29, 0.717) is 19.3 Å². The van der Waals surface area contributed by atoms with Crippen molar-refractivity contribution in [2.45, 2.75) is 219 Å². The third kappa shape index (κ3) is 49.0. The van der Waals surface area contributed by atoms with Gasteiger partial charge in [-0.1, -0.05) is 201 Å². The Morgan fingerprint density at radius 1 is 0.333 bits per heavy atom. The predicted octanol–water partition coefficient (Wildman–Crippen LogP) is 16.8. The number of rotatable bonds is 44. The lowest BCUT2D eigenvalue weighted by Crippen LogP contribution is -2.30. The molecule has 0 aromatic heterocycles. The fourth-order valence-corrected chi connectivity index (χ4v) is 6.44. The highest BCUT2D eigenvalue weighted by Gasteiger charge is 2.19. The van der Waals surface area contributed by atoms with Crippen molar-refractivity contribution in [3.8, 4) is 0 Å². The minimum absolute atomic E-state index is 0.0966. The highest BCUT2D eigenvalue weighted by molar-refractivity contribution is 5.71. The summed E-state index contributed by atoms with van der Waals surface area (Å²) in [4.78, 5) is 37.7. The Morgan fingerprint density at radius 3 is 1.03 bits per heavy atom. The maximum Gasteiger partial charge on any atom is 0.306 e. The molecule has 63 heavy (non-hydrogen) atoms. The van der Waals surface area contributed by atoms with E-state index in [1.807, 2.05) is 0 Å². The molecular formula is C57H92O6. The molecule has 0 spiro atoms. The van der Waals surface area contributed by atoms with Gasteiger partial charge in [0, 0.05) is 19.3 Å². The molecule has 0 saturated carbocycles. The lowest BCUT2D eigenvalue weighted by molar-refractivity contribution is -0.167. The normalized spacial score (nSPS) is 13.0. The first-order chi connectivity index (χ1) is 31.0. The zero-order valence-corrected chi connectivity index (χ0v) is 40.5. The number of carbonyl (C=O) groups excluding carboxylic acids is 3. The Labute approximate surface area is 387 Å². The number of unbranched alkanes of at least 4 members (excludes halogenated alkanes) is 15. The van der Waals surface area contributed by atoms with Crippen molar-refractivity contribution in [1.29, 1.82) is 0 Å². The summed E-state index contributed by atoms with van der Waals surface area (Å²) in [5.74, 6) is -0.963. The van der Waals surface area contributed by atoms with E-state index in [1.54, 1.807) is 0 Å². The zero-order valence-electron chi connectivity index (χ0n) is 40.5. The summed E-state index contributed by atoms with van der Waals surface area (Å²) >= 11 is 0. The summed E-state index contributed by atoms with van der Waals surface area (Å²) in [6, 6.07) is 0. The van der Waals surface area contributed by atoms with Crippen LogP contribution in [0.25, 0.3) is 0 Å². The Balaban J connectivity index is 4.30. The van der Waals surface area contributed by atoms with Crippen LogP contribution in [0, 0.1) is 0 Å². The third-order valence-electron chi connectivity index (χ3n) is 10.3. The van der Waals surface area contributed by atoms with Crippen LogP contribution >= 0.6 is 0 Å². The molecule has 6 nitrogen and oxygen atoms in total. The number of esters is 3. The Bertz CT molecular complexity index is 1330. The van der Waals surface area contributed by atoms with Gasteiger partial charge in [-0.05, 0) is 103 Å². The van der Waals surface area contributed by atoms with Crippen molar-refractivity contribution >= 4 is 17.9 Å². The molecular weight excluding hydrogens is 781 g/mol. The minimum atomic E-state index is -0.797. The van der Waals surface area contributed by atoms with E-state index < -0.39 is 6.10 Å². The summed E-state index contributed by atoms with van der Waals surface area (Å²) in [6.45, 7) is 6.36. The van der Waals surface area contributed by atoms with Crippen molar-refractivity contribution in [2.24, 2.45) is 0 Å². The smallest absolute Gasteiger partial charge is 0.306 e. The summed E-state index contributed by atoms with van der Waals surface area (Å²) in [6.07, 6.45) is 68.1. The first-order valence-corrected chi connectivity index (χ1v) is 25.4. The summed E-state index contributed by atoms with van der Waals surface area (Å²) in [5, 5.41) is 0. The van der Waals surface area contributed by atoms with Crippen molar-refractivity contribution in [1.82, 2.24) is 0 Å². The SMILES string of the molecule is CC/C=C\C/C=C\C/C=C\C/C=C\C/C=C\C/C=C\C/C=C\CCCCCC(=O)OCC(COC(=O)CCCCCCCC)OC(=O)CCCCCCC/C=C\C/C=C\CCCC. The fourth-order valence-electron chi connectivity index (χ4n) is 6.44. The van der Waals surface area contributed by atoms with Gasteiger partial charge in [0.2, 0.25) is 0 Å². The molecule has 0 fully saturated rings. The zero-order chi connectivity index (χ0) is 45.8. The fraction of sp³-hybridized carbons (Fsp3) is 0.632. The Hall–Kier alpha value is -3.93. The maximum atomic E-state index is 12.7. The van der Waals surface area contributed by atoms with Crippen LogP contribution in [0.1, 0.15) is 213 Å². The second-order valence-corrected chi connectivity index (χ2v) is 16.3. The van der Waals surface area contributed by atoms with E-state index in [1.165, 1.54) is 38.5 Å². The molecule has 0 heterocycles. The number of allylic oxidation sites excluding steroid dienone is 18. The molecule has 0 saturated heterocycles. The van der Waals surface area contributed by atoms with Crippen molar-refractivity contribution < 1.29 is 28.6 Å². The van der Waals surface area contributed by atoms with Crippen LogP contribution in [0.4, 0.5) is 0 Å². The Morgan fingerprint density at radius 2 is 0.635 bits per heavy atom. The van der Waals surface area contributed by atoms with Gasteiger partial charge in [0.25, 0.3) is 0 Å². The van der Waals surface area contributed by atoms with Gasteiger partial charge in [-0.25, -0.2) is 0 Å². The molecule has 0 aromatic carbocycles. The lowest BCUT2D eigenvalue weighted by atomic mass is 10.1. The molecule has 0 aliphatic rings. The average molecular weight is 873 g/mol. The van der Waals surface area contributed by atoms with E-state index in [4.69, 9.17) is 14.2 Å². The van der Waals surface area contributed by atoms with Gasteiger partial charge in [-0.2, -0.15) is 0 Å². The van der Waals surface area contributed by atoms with Gasteiger partial charge in [-0.15, -0.1) is 0 Å². The highest BCUT2D eigenvalue weighted by Crippen LogP contribution is 2.12. The maximum absolute atomic E-state index is 12.7. The van der Waals surface area contributed by atoms with Crippen LogP contribution in [0.2, 0.25) is 0 Å². The number of hydrogen-bond donors (Lipinski definition) is 0. The minimum Gasteiger partial charge on any atom is -0.462 e. The van der Waals surface area contributed by atoms with E-state index in [2.05, 4.69) is 130 Å². The van der Waals surface area contributed by atoms with E-state index in [0.717, 1.165) is 135 Å². The quantitative estimate of drug-likeness (QED) is 0.0263. The Kier molecular flexibility index (Phi) is 47.5. The van der Waals surface area contributed by atoms with E-state index >= 15 is 0 Å². The molecule has 1 atom stereocenters. The molecule has 356 valence electrons. The van der Waals surface area contributed by atoms with Crippen molar-refractivity contribution in [2.75, 3.05) is 13.2 Å². The third-order valence-corrected chi connectivity index (χ3v) is 10.3. The van der Waals surface area contributed by atoms with Gasteiger partial charge in [0.1, 0.15) is 13.2 Å². The highest BCUT2D eigenvalue weighted by atomic mass is 16.6. The van der Waals surface area contributed by atoms with Gasteiger partial charge in [0.15, 0.2) is 6.10 Å². The monoisotopic (exact) mass is 873 g/mol. The largest absolute Gasteiger partial charge is 0.462 e. The second kappa shape index (κ2) is 50.7. The predicted molar refractivity (Wildman–Crippen MR) is 270 cm³/mol. The topological polar surface area (TPSA) is 78.9 Å². The van der Waals surface area contributed by atoms with Gasteiger partial charge >= 0.3 is 17.9 Å². The molecule has 0 aliphatic heterocycles. The lowest BCUT2D eigenvalue weighted by Gasteiger charge is -2.18. The molecule has 0 aromatic rings. The molecule has 0 aliphatic carbocycles. The van der Waals surface area contributed by atoms with Gasteiger partial charge < -0.3 is 14.2 Å². The molecule has 0 N–H and O–H groups in total. The number of hydrogen-bond acceptors (Lipinski definition) is 6. The molecule has 0 bridgehead atoms. The molecule has 0 rings (SSSR count). The summed E-state index contributed by atoms with van der Waals surface area (Å²) in [5.41, 5.74) is 0. The number of ether oxygens (including phenoxy) is 3. The standard InChI is InChI=1S/C57H92O6/c1-4-7-10-13-16-18-20-22-24-25-26-27-28-29-30-31-32-33-34-36-37-39-41-44-47-50-56(59)62-53-54(52-61-55(58)49-46-43-15-12-9-6-3)63-57(60)51-48-45-42-40-38-35-23-21-19-17-14-11-8-5-2/h7,10,14,16-18,21-24,26-27,29-30,32-33,36-37,54H,4-6,8-9,11-13,15,19-20,25,28,31,34-35,38-53H2,1-3H3/b10-7-,17-14-,18-16-,23-21-,24-22-,27-26-,30-29-,33-32-,37-36-. The van der Waals surface area contributed by atoms with Crippen LogP contribution in [-0.4, -0.2) is 37.2 Å². The van der Waals surface area contributed by atoms with Crippen LogP contribution in [0.5, 0.6) is 0 Å². The number of carbonyl (C=O) groups is 3. The van der Waals surface area contributed by atoms with E-state index in [-0.39, 0.29) is 31.1 Å². The van der Waals surface area contributed by atoms with Gasteiger partial charge in [0.05, 0.1) is 0 Å². The van der Waals surface area contributed by atoms with Crippen molar-refractivity contribution in [3.05, 3.63) is 109 Å². The summed E-state index contributed by atoms with van der Waals surface area (Å²) in [7, 11) is 0. The molecule has 0 radical (unpaired) electrons. The summed E-state index contributed by atoms with van der Waals surface area (Å²) < 4.78 is 16.6. The van der Waals surface area contributed by atoms with Crippen molar-refractivity contribution in [3.63, 3.8) is 0 Å². The van der Waals surface area contributed by atoms with Crippen LogP contribution in [0.15, 0.2) is 109 Å². The first-order valence-electron chi connectivity index (χ1n) is 25.4. The van der Waals surface area contributed by atoms with E-state index in [9.17, 15) is 14.4 Å². The van der Waals surface area contributed by atoms with Gasteiger partial charge in [-0.3, -0.25) is 14.4 Å². The van der Waals surface area contributed by atoms with Crippen LogP contribution < -0.4 is 0 Å². The molecule has 1 unspecified atom stereocenters. The average Bonchev–Trinajstić information content (AvgIpc) is 3.28. The van der Waals surface area contributed by atoms with Crippen LogP contribution in [0.3, 0.4) is 0 Å².